The van der Waals surface area contributed by atoms with E-state index in [1.54, 1.807) is 43.5 Å². The van der Waals surface area contributed by atoms with Crippen molar-refractivity contribution in [3.63, 3.8) is 0 Å². The van der Waals surface area contributed by atoms with Crippen molar-refractivity contribution >= 4 is 11.6 Å². The summed E-state index contributed by atoms with van der Waals surface area (Å²) in [6, 6.07) is 12.4. The van der Waals surface area contributed by atoms with Gasteiger partial charge >= 0.3 is 0 Å². The zero-order chi connectivity index (χ0) is 15.2. The van der Waals surface area contributed by atoms with Gasteiger partial charge in [0.05, 0.1) is 30.4 Å². The van der Waals surface area contributed by atoms with Gasteiger partial charge in [0.1, 0.15) is 18.1 Å². The Labute approximate surface area is 128 Å². The predicted molar refractivity (Wildman–Crippen MR) is 79.4 cm³/mol. The molecule has 0 bridgehead atoms. The van der Waals surface area contributed by atoms with Gasteiger partial charge in [0, 0.05) is 11.1 Å². The van der Waals surface area contributed by atoms with Crippen LogP contribution in [0, 0.1) is 11.3 Å². The van der Waals surface area contributed by atoms with E-state index in [0.717, 1.165) is 5.56 Å². The zero-order valence-corrected chi connectivity index (χ0v) is 12.2. The molecule has 108 valence electrons. The number of aliphatic hydroxyl groups is 1. The van der Waals surface area contributed by atoms with Crippen molar-refractivity contribution in [3.8, 4) is 17.6 Å². The molecule has 0 aromatic heterocycles. The molecule has 1 N–H and O–H groups in total. The first-order valence-electron chi connectivity index (χ1n) is 6.27. The molecule has 4 nitrogen and oxygen atoms in total. The quantitative estimate of drug-likeness (QED) is 0.920. The average Bonchev–Trinajstić information content (AvgIpc) is 2.53. The van der Waals surface area contributed by atoms with Crippen molar-refractivity contribution < 1.29 is 14.6 Å². The van der Waals surface area contributed by atoms with Gasteiger partial charge in [0.15, 0.2) is 0 Å². The Bertz CT molecular complexity index is 680. The van der Waals surface area contributed by atoms with Crippen molar-refractivity contribution in [2.75, 3.05) is 7.11 Å². The highest BCUT2D eigenvalue weighted by atomic mass is 35.5. The van der Waals surface area contributed by atoms with Gasteiger partial charge in [-0.05, 0) is 24.3 Å². The summed E-state index contributed by atoms with van der Waals surface area (Å²) < 4.78 is 11.0. The topological polar surface area (TPSA) is 62.5 Å². The van der Waals surface area contributed by atoms with Gasteiger partial charge < -0.3 is 14.6 Å². The number of ether oxygens (including phenoxy) is 2. The van der Waals surface area contributed by atoms with Crippen molar-refractivity contribution in [1.82, 2.24) is 0 Å². The fourth-order valence-electron chi connectivity index (χ4n) is 1.95. The molecule has 0 atom stereocenters. The molecule has 2 aromatic rings. The number of methoxy groups -OCH3 is 1. The number of para-hydroxylation sites is 1. The molecule has 5 heteroatoms. The van der Waals surface area contributed by atoms with Gasteiger partial charge in [0.25, 0.3) is 0 Å². The van der Waals surface area contributed by atoms with E-state index in [1.165, 1.54) is 0 Å². The van der Waals surface area contributed by atoms with Crippen LogP contribution in [0.25, 0.3) is 0 Å². The highest BCUT2D eigenvalue weighted by Crippen LogP contribution is 2.30. The summed E-state index contributed by atoms with van der Waals surface area (Å²) in [6.45, 7) is 0.0285. The van der Waals surface area contributed by atoms with Crippen LogP contribution in [0.4, 0.5) is 0 Å². The van der Waals surface area contributed by atoms with Crippen LogP contribution in [-0.2, 0) is 13.2 Å². The lowest BCUT2D eigenvalue weighted by Crippen LogP contribution is -2.02. The molecule has 0 aliphatic heterocycles. The Morgan fingerprint density at radius 3 is 2.71 bits per heavy atom. The molecule has 2 rings (SSSR count). The van der Waals surface area contributed by atoms with Gasteiger partial charge in [-0.15, -0.1) is 0 Å². The SMILES string of the molecule is COc1ccc(C#N)cc1COc1c(Cl)cccc1CO. The third kappa shape index (κ3) is 3.46. The maximum Gasteiger partial charge on any atom is 0.143 e. The highest BCUT2D eigenvalue weighted by Gasteiger charge is 2.10. The van der Waals surface area contributed by atoms with E-state index in [-0.39, 0.29) is 13.2 Å². The number of nitriles is 1. The van der Waals surface area contributed by atoms with Crippen LogP contribution in [-0.4, -0.2) is 12.2 Å². The summed E-state index contributed by atoms with van der Waals surface area (Å²) in [6.07, 6.45) is 0. The van der Waals surface area contributed by atoms with E-state index < -0.39 is 0 Å². The van der Waals surface area contributed by atoms with Gasteiger partial charge in [-0.2, -0.15) is 5.26 Å². The number of nitrogens with zero attached hydrogens (tertiary/aromatic N) is 1. The lowest BCUT2D eigenvalue weighted by molar-refractivity contribution is 0.257. The van der Waals surface area contributed by atoms with Crippen molar-refractivity contribution in [2.45, 2.75) is 13.2 Å². The second kappa shape index (κ2) is 6.98. The second-order valence-corrected chi connectivity index (χ2v) is 4.72. The van der Waals surface area contributed by atoms with E-state index in [9.17, 15) is 5.11 Å². The standard InChI is InChI=1S/C16H14ClNO3/c1-20-15-6-5-11(8-18)7-13(15)10-21-16-12(9-19)3-2-4-14(16)17/h2-7,19H,9-10H2,1H3. The van der Waals surface area contributed by atoms with Crippen LogP contribution in [0.5, 0.6) is 11.5 Å². The monoisotopic (exact) mass is 303 g/mol. The van der Waals surface area contributed by atoms with E-state index in [2.05, 4.69) is 6.07 Å². The molecule has 21 heavy (non-hydrogen) atoms. The normalized spacial score (nSPS) is 10.0. The zero-order valence-electron chi connectivity index (χ0n) is 11.5. The summed E-state index contributed by atoms with van der Waals surface area (Å²) in [7, 11) is 1.56. The molecule has 0 heterocycles. The van der Waals surface area contributed by atoms with Gasteiger partial charge in [-0.25, -0.2) is 0 Å². The molecule has 2 aromatic carbocycles. The van der Waals surface area contributed by atoms with E-state index in [4.69, 9.17) is 26.3 Å². The molecule has 0 saturated heterocycles. The minimum absolute atomic E-state index is 0.161. The largest absolute Gasteiger partial charge is 0.496 e. The Kier molecular flexibility index (Phi) is 5.04. The van der Waals surface area contributed by atoms with Crippen molar-refractivity contribution in [2.24, 2.45) is 0 Å². The molecular weight excluding hydrogens is 290 g/mol. The summed E-state index contributed by atoms with van der Waals surface area (Å²) in [5, 5.41) is 18.7. The van der Waals surface area contributed by atoms with E-state index in [0.29, 0.717) is 27.6 Å². The smallest absolute Gasteiger partial charge is 0.143 e. The Balaban J connectivity index is 2.26. The third-order valence-electron chi connectivity index (χ3n) is 3.00. The van der Waals surface area contributed by atoms with Gasteiger partial charge in [-0.1, -0.05) is 23.7 Å². The Morgan fingerprint density at radius 1 is 1.24 bits per heavy atom. The van der Waals surface area contributed by atoms with Crippen LogP contribution < -0.4 is 9.47 Å². The van der Waals surface area contributed by atoms with Gasteiger partial charge in [-0.3, -0.25) is 0 Å². The average molecular weight is 304 g/mol. The number of rotatable bonds is 5. The van der Waals surface area contributed by atoms with Gasteiger partial charge in [0.2, 0.25) is 0 Å². The van der Waals surface area contributed by atoms with Crippen LogP contribution >= 0.6 is 11.6 Å². The molecular formula is C16H14ClNO3. The number of benzene rings is 2. The molecule has 0 unspecified atom stereocenters. The van der Waals surface area contributed by atoms with Crippen molar-refractivity contribution in [3.05, 3.63) is 58.1 Å². The number of hydrogen-bond donors (Lipinski definition) is 1. The highest BCUT2D eigenvalue weighted by molar-refractivity contribution is 6.32. The summed E-state index contributed by atoms with van der Waals surface area (Å²) >= 11 is 6.09. The molecule has 0 saturated carbocycles. The summed E-state index contributed by atoms with van der Waals surface area (Å²) in [4.78, 5) is 0. The molecule has 0 aliphatic carbocycles. The fourth-order valence-corrected chi connectivity index (χ4v) is 2.20. The first kappa shape index (κ1) is 15.2. The summed E-state index contributed by atoms with van der Waals surface area (Å²) in [5.74, 6) is 1.07. The van der Waals surface area contributed by atoms with Crippen molar-refractivity contribution in [1.29, 1.82) is 5.26 Å². The lowest BCUT2D eigenvalue weighted by Gasteiger charge is -2.14. The predicted octanol–water partition coefficient (Wildman–Crippen LogP) is 3.29. The van der Waals surface area contributed by atoms with E-state index >= 15 is 0 Å². The van der Waals surface area contributed by atoms with Crippen LogP contribution in [0.3, 0.4) is 0 Å². The Hall–Kier alpha value is -2.22. The number of halogens is 1. The van der Waals surface area contributed by atoms with Crippen LogP contribution in [0.2, 0.25) is 5.02 Å². The van der Waals surface area contributed by atoms with Crippen LogP contribution in [0.15, 0.2) is 36.4 Å². The second-order valence-electron chi connectivity index (χ2n) is 4.31. The third-order valence-corrected chi connectivity index (χ3v) is 3.30. The Morgan fingerprint density at radius 2 is 2.05 bits per heavy atom. The first-order valence-corrected chi connectivity index (χ1v) is 6.65. The molecule has 0 fully saturated rings. The minimum atomic E-state index is -0.161. The number of aliphatic hydroxyl groups excluding tert-OH is 1. The molecule has 0 aliphatic rings. The summed E-state index contributed by atoms with van der Waals surface area (Å²) in [5.41, 5.74) is 1.87. The van der Waals surface area contributed by atoms with Crippen LogP contribution in [0.1, 0.15) is 16.7 Å². The number of hydrogen-bond acceptors (Lipinski definition) is 4. The molecule has 0 amide bonds. The minimum Gasteiger partial charge on any atom is -0.496 e. The molecule has 0 spiro atoms. The van der Waals surface area contributed by atoms with E-state index in [1.807, 2.05) is 0 Å². The maximum atomic E-state index is 9.32. The maximum absolute atomic E-state index is 9.32. The fraction of sp³-hybridized carbons (Fsp3) is 0.188. The first-order chi connectivity index (χ1) is 10.2. The molecule has 0 radical (unpaired) electrons. The lowest BCUT2D eigenvalue weighted by atomic mass is 10.1.